The Bertz CT molecular complexity index is 465. The fourth-order valence-corrected chi connectivity index (χ4v) is 2.93. The maximum Gasteiger partial charge on any atom is 0.238 e. The van der Waals surface area contributed by atoms with E-state index in [0.29, 0.717) is 0 Å². The summed E-state index contributed by atoms with van der Waals surface area (Å²) in [6.07, 6.45) is 0. The smallest absolute Gasteiger partial charge is 0.238 e. The van der Waals surface area contributed by atoms with Crippen LogP contribution in [0.5, 0.6) is 0 Å². The number of amides is 1. The van der Waals surface area contributed by atoms with Gasteiger partial charge < -0.3 is 9.84 Å². The molecule has 2 aliphatic heterocycles. The number of aryl methyl sites for hydroxylation is 2. The van der Waals surface area contributed by atoms with Gasteiger partial charge in [0.05, 0.1) is 5.69 Å². The zero-order valence-electron chi connectivity index (χ0n) is 11.5. The normalized spacial score (nSPS) is 25.2. The first kappa shape index (κ1) is 12.6. The second kappa shape index (κ2) is 4.94. The molecule has 1 aromatic heterocycles. The Kier molecular flexibility index (Phi) is 3.28. The SMILES string of the molecule is Cc1noc(C)c1CN1CCN2CCNC(=O)[C@H]2C1. The monoisotopic (exact) mass is 264 g/mol. The second-order valence-electron chi connectivity index (χ2n) is 5.38. The average molecular weight is 264 g/mol. The Balaban J connectivity index is 1.69. The molecule has 1 N–H and O–H groups in total. The number of fused-ring (bicyclic) bond motifs is 1. The van der Waals surface area contributed by atoms with Crippen molar-refractivity contribution in [2.24, 2.45) is 0 Å². The van der Waals surface area contributed by atoms with E-state index in [2.05, 4.69) is 20.3 Å². The maximum absolute atomic E-state index is 11.9. The topological polar surface area (TPSA) is 61.6 Å². The first-order chi connectivity index (χ1) is 9.15. The van der Waals surface area contributed by atoms with Crippen molar-refractivity contribution in [3.05, 3.63) is 17.0 Å². The molecule has 6 nitrogen and oxygen atoms in total. The van der Waals surface area contributed by atoms with E-state index in [-0.39, 0.29) is 11.9 Å². The number of hydrogen-bond donors (Lipinski definition) is 1. The van der Waals surface area contributed by atoms with Gasteiger partial charge in [-0.1, -0.05) is 5.16 Å². The Morgan fingerprint density at radius 3 is 2.95 bits per heavy atom. The molecule has 3 heterocycles. The van der Waals surface area contributed by atoms with Gasteiger partial charge in [0.15, 0.2) is 0 Å². The lowest BCUT2D eigenvalue weighted by molar-refractivity contribution is -0.131. The molecule has 1 aromatic rings. The largest absolute Gasteiger partial charge is 0.361 e. The van der Waals surface area contributed by atoms with E-state index in [1.807, 2.05) is 13.8 Å². The van der Waals surface area contributed by atoms with Gasteiger partial charge in [0.1, 0.15) is 11.8 Å². The molecule has 0 spiro atoms. The van der Waals surface area contributed by atoms with Crippen LogP contribution in [0.3, 0.4) is 0 Å². The fraction of sp³-hybridized carbons (Fsp3) is 0.692. The highest BCUT2D eigenvalue weighted by Gasteiger charge is 2.34. The maximum atomic E-state index is 11.9. The summed E-state index contributed by atoms with van der Waals surface area (Å²) < 4.78 is 5.20. The molecule has 104 valence electrons. The number of nitrogens with zero attached hydrogens (tertiary/aromatic N) is 3. The quantitative estimate of drug-likeness (QED) is 0.809. The summed E-state index contributed by atoms with van der Waals surface area (Å²) in [6, 6.07) is 0.00275. The van der Waals surface area contributed by atoms with E-state index < -0.39 is 0 Å². The number of hydrogen-bond acceptors (Lipinski definition) is 5. The Hall–Kier alpha value is -1.40. The predicted octanol–water partition coefficient (Wildman–Crippen LogP) is -0.0926. The molecule has 2 fully saturated rings. The van der Waals surface area contributed by atoms with Crippen molar-refractivity contribution in [3.63, 3.8) is 0 Å². The highest BCUT2D eigenvalue weighted by molar-refractivity contribution is 5.82. The van der Waals surface area contributed by atoms with E-state index in [4.69, 9.17) is 4.52 Å². The fourth-order valence-electron chi connectivity index (χ4n) is 2.93. The minimum Gasteiger partial charge on any atom is -0.361 e. The highest BCUT2D eigenvalue weighted by Crippen LogP contribution is 2.19. The van der Waals surface area contributed by atoms with E-state index in [0.717, 1.165) is 56.3 Å². The number of rotatable bonds is 2. The van der Waals surface area contributed by atoms with Gasteiger partial charge in [-0.05, 0) is 13.8 Å². The zero-order chi connectivity index (χ0) is 13.4. The van der Waals surface area contributed by atoms with Gasteiger partial charge in [-0.15, -0.1) is 0 Å². The van der Waals surface area contributed by atoms with Crippen LogP contribution in [-0.4, -0.2) is 59.6 Å². The van der Waals surface area contributed by atoms with E-state index in [1.165, 1.54) is 0 Å². The van der Waals surface area contributed by atoms with Crippen LogP contribution < -0.4 is 5.32 Å². The summed E-state index contributed by atoms with van der Waals surface area (Å²) in [7, 11) is 0. The van der Waals surface area contributed by atoms with Gasteiger partial charge in [-0.2, -0.15) is 0 Å². The molecule has 0 aliphatic carbocycles. The molecule has 0 unspecified atom stereocenters. The number of carbonyl (C=O) groups excluding carboxylic acids is 1. The molecular formula is C13H20N4O2. The van der Waals surface area contributed by atoms with Crippen molar-refractivity contribution in [2.45, 2.75) is 26.4 Å². The molecule has 2 aliphatic rings. The van der Waals surface area contributed by atoms with Gasteiger partial charge >= 0.3 is 0 Å². The van der Waals surface area contributed by atoms with Crippen LogP contribution in [-0.2, 0) is 11.3 Å². The van der Waals surface area contributed by atoms with E-state index >= 15 is 0 Å². The highest BCUT2D eigenvalue weighted by atomic mass is 16.5. The van der Waals surface area contributed by atoms with Crippen LogP contribution in [0.4, 0.5) is 0 Å². The van der Waals surface area contributed by atoms with Gasteiger partial charge in [-0.3, -0.25) is 14.6 Å². The van der Waals surface area contributed by atoms with Crippen LogP contribution in [0, 0.1) is 13.8 Å². The standard InChI is InChI=1S/C13H20N4O2/c1-9-11(10(2)19-15-9)7-16-5-6-17-4-3-14-13(18)12(17)8-16/h12H,3-8H2,1-2H3,(H,14,18)/t12-/m1/s1. The summed E-state index contributed by atoms with van der Waals surface area (Å²) in [5.41, 5.74) is 2.11. The van der Waals surface area contributed by atoms with E-state index in [9.17, 15) is 4.79 Å². The lowest BCUT2D eigenvalue weighted by Gasteiger charge is -2.43. The van der Waals surface area contributed by atoms with Crippen molar-refractivity contribution in [3.8, 4) is 0 Å². The molecular weight excluding hydrogens is 244 g/mol. The Morgan fingerprint density at radius 2 is 2.21 bits per heavy atom. The third-order valence-corrected chi connectivity index (χ3v) is 4.14. The van der Waals surface area contributed by atoms with Gasteiger partial charge in [0.2, 0.25) is 5.91 Å². The third kappa shape index (κ3) is 2.37. The average Bonchev–Trinajstić information content (AvgIpc) is 2.72. The molecule has 3 rings (SSSR count). The van der Waals surface area contributed by atoms with Crippen molar-refractivity contribution >= 4 is 5.91 Å². The van der Waals surface area contributed by atoms with Crippen molar-refractivity contribution in [2.75, 3.05) is 32.7 Å². The minimum atomic E-state index is 0.00275. The first-order valence-corrected chi connectivity index (χ1v) is 6.81. The van der Waals surface area contributed by atoms with Crippen molar-refractivity contribution in [1.29, 1.82) is 0 Å². The first-order valence-electron chi connectivity index (χ1n) is 6.81. The molecule has 0 bridgehead atoms. The molecule has 6 heteroatoms. The third-order valence-electron chi connectivity index (χ3n) is 4.14. The van der Waals surface area contributed by atoms with Gasteiger partial charge in [0.25, 0.3) is 0 Å². The molecule has 1 amide bonds. The lowest BCUT2D eigenvalue weighted by Crippen LogP contribution is -2.63. The summed E-state index contributed by atoms with van der Waals surface area (Å²) >= 11 is 0. The molecule has 0 aromatic carbocycles. The number of nitrogens with one attached hydrogen (secondary N) is 1. The summed E-state index contributed by atoms with van der Waals surface area (Å²) in [5, 5.41) is 6.93. The zero-order valence-corrected chi connectivity index (χ0v) is 11.5. The number of carbonyl (C=O) groups is 1. The van der Waals surface area contributed by atoms with Gasteiger partial charge in [0, 0.05) is 44.8 Å². The Labute approximate surface area is 112 Å². The summed E-state index contributed by atoms with van der Waals surface area (Å²) in [4.78, 5) is 16.5. The van der Waals surface area contributed by atoms with Crippen LogP contribution in [0.15, 0.2) is 4.52 Å². The second-order valence-corrected chi connectivity index (χ2v) is 5.38. The van der Waals surface area contributed by atoms with Crippen LogP contribution >= 0.6 is 0 Å². The van der Waals surface area contributed by atoms with Crippen molar-refractivity contribution in [1.82, 2.24) is 20.3 Å². The number of piperazine rings is 2. The van der Waals surface area contributed by atoms with Crippen LogP contribution in [0.25, 0.3) is 0 Å². The van der Waals surface area contributed by atoms with Crippen LogP contribution in [0.2, 0.25) is 0 Å². The number of aromatic nitrogens is 1. The Morgan fingerprint density at radius 1 is 1.37 bits per heavy atom. The lowest BCUT2D eigenvalue weighted by atomic mass is 10.1. The minimum absolute atomic E-state index is 0.00275. The van der Waals surface area contributed by atoms with Crippen molar-refractivity contribution < 1.29 is 9.32 Å². The summed E-state index contributed by atoms with van der Waals surface area (Å²) in [6.45, 7) is 9.22. The van der Waals surface area contributed by atoms with Gasteiger partial charge in [-0.25, -0.2) is 0 Å². The molecule has 2 saturated heterocycles. The molecule has 1 atom stereocenters. The predicted molar refractivity (Wildman–Crippen MR) is 69.6 cm³/mol. The molecule has 0 radical (unpaired) electrons. The molecule has 0 saturated carbocycles. The summed E-state index contributed by atoms with van der Waals surface area (Å²) in [5.74, 6) is 1.04. The van der Waals surface area contributed by atoms with E-state index in [1.54, 1.807) is 0 Å². The molecule has 19 heavy (non-hydrogen) atoms. The van der Waals surface area contributed by atoms with Crippen LogP contribution in [0.1, 0.15) is 17.0 Å².